The number of thioether (sulfide) groups is 1. The molecule has 0 radical (unpaired) electrons. The SMILES string of the molecule is C=C(C)S/C(=C\CCC)CNc1cc(C(/C=C\C=C\CC)=C(/C)OC)nc2c(C)c(CC)n(C(C)C)c12. The van der Waals surface area contributed by atoms with E-state index in [4.69, 9.17) is 9.72 Å². The summed E-state index contributed by atoms with van der Waals surface area (Å²) in [6.07, 6.45) is 14.9. The summed E-state index contributed by atoms with van der Waals surface area (Å²) in [5, 5.41) is 3.80. The van der Waals surface area contributed by atoms with Gasteiger partial charge >= 0.3 is 0 Å². The van der Waals surface area contributed by atoms with Gasteiger partial charge in [0.25, 0.3) is 0 Å². The van der Waals surface area contributed by atoms with Crippen LogP contribution in [-0.4, -0.2) is 23.2 Å². The molecule has 0 spiro atoms. The van der Waals surface area contributed by atoms with E-state index in [2.05, 4.69) is 101 Å². The molecule has 0 atom stereocenters. The van der Waals surface area contributed by atoms with Gasteiger partial charge in [-0.15, -0.1) is 0 Å². The number of aromatic nitrogens is 2. The van der Waals surface area contributed by atoms with Crippen molar-refractivity contribution in [1.82, 2.24) is 9.55 Å². The van der Waals surface area contributed by atoms with Crippen molar-refractivity contribution in [1.29, 1.82) is 0 Å². The first-order chi connectivity index (χ1) is 17.7. The summed E-state index contributed by atoms with van der Waals surface area (Å²) in [7, 11) is 1.72. The lowest BCUT2D eigenvalue weighted by Gasteiger charge is -2.19. The molecule has 202 valence electrons. The lowest BCUT2D eigenvalue weighted by molar-refractivity contribution is 0.296. The van der Waals surface area contributed by atoms with Crippen molar-refractivity contribution in [3.63, 3.8) is 0 Å². The maximum absolute atomic E-state index is 5.70. The van der Waals surface area contributed by atoms with E-state index in [1.807, 2.05) is 6.92 Å². The van der Waals surface area contributed by atoms with Gasteiger partial charge in [-0.1, -0.05) is 69.8 Å². The van der Waals surface area contributed by atoms with Gasteiger partial charge in [0.2, 0.25) is 0 Å². The minimum absolute atomic E-state index is 0.328. The normalized spacial score (nSPS) is 13.3. The highest BCUT2D eigenvalue weighted by atomic mass is 32.2. The third-order valence-corrected chi connectivity index (χ3v) is 7.21. The predicted octanol–water partition coefficient (Wildman–Crippen LogP) is 9.75. The number of methoxy groups -OCH3 is 1. The zero-order valence-corrected chi connectivity index (χ0v) is 25.3. The Bertz CT molecular complexity index is 1190. The van der Waals surface area contributed by atoms with E-state index in [1.165, 1.54) is 21.7 Å². The molecule has 0 aliphatic heterocycles. The Morgan fingerprint density at radius 2 is 1.95 bits per heavy atom. The van der Waals surface area contributed by atoms with Crippen LogP contribution in [0.1, 0.15) is 90.7 Å². The van der Waals surface area contributed by atoms with E-state index < -0.39 is 0 Å². The highest BCUT2D eigenvalue weighted by molar-refractivity contribution is 8.06. The topological polar surface area (TPSA) is 39.1 Å². The summed E-state index contributed by atoms with van der Waals surface area (Å²) in [4.78, 5) is 7.63. The van der Waals surface area contributed by atoms with Crippen LogP contribution in [0.2, 0.25) is 0 Å². The van der Waals surface area contributed by atoms with Gasteiger partial charge in [-0.3, -0.25) is 0 Å². The zero-order valence-electron chi connectivity index (χ0n) is 24.5. The summed E-state index contributed by atoms with van der Waals surface area (Å²) in [6.45, 7) is 22.2. The molecule has 0 fully saturated rings. The Kier molecular flexibility index (Phi) is 12.3. The molecule has 2 aromatic heterocycles. The molecule has 0 amide bonds. The summed E-state index contributed by atoms with van der Waals surface area (Å²) >= 11 is 1.76. The highest BCUT2D eigenvalue weighted by Gasteiger charge is 2.21. The summed E-state index contributed by atoms with van der Waals surface area (Å²) in [5.74, 6) is 0.844. The van der Waals surface area contributed by atoms with Crippen LogP contribution in [-0.2, 0) is 11.2 Å². The lowest BCUT2D eigenvalue weighted by Crippen LogP contribution is -2.10. The molecule has 2 aromatic rings. The van der Waals surface area contributed by atoms with Crippen molar-refractivity contribution in [2.24, 2.45) is 0 Å². The van der Waals surface area contributed by atoms with Crippen molar-refractivity contribution < 1.29 is 4.74 Å². The number of aryl methyl sites for hydroxylation is 1. The molecule has 2 rings (SSSR count). The standard InChI is InChI=1S/C32H47N3OS/c1-11-14-16-17-19-27(25(9)36-10)28-20-29(33-21-26(18-15-12-2)37-23(6)7)32-31(34-28)24(8)30(13-3)35(32)22(4)5/h14,16-20,22H,6,11-13,15,21H2,1-5,7-10H3,(H,33,34)/b16-14+,19-17-,26-18-,27-25-. The van der Waals surface area contributed by atoms with Gasteiger partial charge in [0.05, 0.1) is 29.5 Å². The number of anilines is 1. The summed E-state index contributed by atoms with van der Waals surface area (Å²) < 4.78 is 8.15. The smallest absolute Gasteiger partial charge is 0.102 e. The number of unbranched alkanes of at least 4 members (excludes halogenated alkanes) is 1. The number of fused-ring (bicyclic) bond motifs is 1. The molecule has 0 aliphatic carbocycles. The van der Waals surface area contributed by atoms with Gasteiger partial charge in [-0.05, 0) is 76.5 Å². The number of ether oxygens (including phenoxy) is 1. The van der Waals surface area contributed by atoms with Crippen molar-refractivity contribution in [3.05, 3.63) is 75.5 Å². The van der Waals surface area contributed by atoms with E-state index >= 15 is 0 Å². The van der Waals surface area contributed by atoms with E-state index in [0.29, 0.717) is 6.04 Å². The number of hydrogen-bond donors (Lipinski definition) is 1. The van der Waals surface area contributed by atoms with E-state index in [-0.39, 0.29) is 0 Å². The first kappa shape index (κ1) is 30.6. The quantitative estimate of drug-likeness (QED) is 0.198. The fraction of sp³-hybridized carbons (Fsp3) is 0.469. The fourth-order valence-electron chi connectivity index (χ4n) is 4.49. The molecule has 0 aromatic carbocycles. The largest absolute Gasteiger partial charge is 0.501 e. The maximum atomic E-state index is 5.70. The third-order valence-electron chi connectivity index (χ3n) is 6.29. The third kappa shape index (κ3) is 7.91. The van der Waals surface area contributed by atoms with Crippen molar-refractivity contribution in [2.45, 2.75) is 87.1 Å². The average molecular weight is 522 g/mol. The first-order valence-corrected chi connectivity index (χ1v) is 14.4. The molecule has 0 bridgehead atoms. The van der Waals surface area contributed by atoms with E-state index in [1.54, 1.807) is 18.9 Å². The Morgan fingerprint density at radius 1 is 1.22 bits per heavy atom. The Morgan fingerprint density at radius 3 is 2.51 bits per heavy atom. The van der Waals surface area contributed by atoms with E-state index in [0.717, 1.165) is 65.4 Å². The Balaban J connectivity index is 2.78. The summed E-state index contributed by atoms with van der Waals surface area (Å²) in [5.41, 5.74) is 7.81. The number of rotatable bonds is 14. The second-order valence-electron chi connectivity index (χ2n) is 9.63. The van der Waals surface area contributed by atoms with Crippen LogP contribution >= 0.6 is 11.8 Å². The Labute approximate surface area is 229 Å². The molecule has 4 nitrogen and oxygen atoms in total. The van der Waals surface area contributed by atoms with Gasteiger partial charge in [-0.2, -0.15) is 0 Å². The van der Waals surface area contributed by atoms with Gasteiger partial charge < -0.3 is 14.6 Å². The molecule has 0 aliphatic rings. The molecule has 2 heterocycles. The minimum Gasteiger partial charge on any atom is -0.501 e. The molecule has 37 heavy (non-hydrogen) atoms. The van der Waals surface area contributed by atoms with Crippen LogP contribution in [0.25, 0.3) is 16.6 Å². The monoisotopic (exact) mass is 521 g/mol. The van der Waals surface area contributed by atoms with Crippen molar-refractivity contribution >= 4 is 34.1 Å². The number of allylic oxidation sites excluding steroid dienone is 8. The lowest BCUT2D eigenvalue weighted by atomic mass is 10.1. The predicted molar refractivity (Wildman–Crippen MR) is 166 cm³/mol. The minimum atomic E-state index is 0.328. The van der Waals surface area contributed by atoms with Crippen LogP contribution in [0, 0.1) is 6.92 Å². The molecule has 1 N–H and O–H groups in total. The summed E-state index contributed by atoms with van der Waals surface area (Å²) in [6, 6.07) is 2.52. The number of pyridine rings is 1. The van der Waals surface area contributed by atoms with Crippen molar-refractivity contribution in [3.8, 4) is 0 Å². The second-order valence-corrected chi connectivity index (χ2v) is 11.1. The molecule has 0 saturated carbocycles. The second kappa shape index (κ2) is 14.9. The highest BCUT2D eigenvalue weighted by Crippen LogP contribution is 2.36. The van der Waals surface area contributed by atoms with Gasteiger partial charge in [0.15, 0.2) is 0 Å². The maximum Gasteiger partial charge on any atom is 0.102 e. The van der Waals surface area contributed by atoms with Crippen molar-refractivity contribution in [2.75, 3.05) is 19.0 Å². The molecular formula is C32H47N3OS. The van der Waals surface area contributed by atoms with Crippen LogP contribution in [0.3, 0.4) is 0 Å². The Hall–Kier alpha value is -2.66. The van der Waals surface area contributed by atoms with Gasteiger partial charge in [-0.25, -0.2) is 4.98 Å². The molecule has 0 saturated heterocycles. The van der Waals surface area contributed by atoms with Gasteiger partial charge in [0.1, 0.15) is 5.76 Å². The van der Waals surface area contributed by atoms with Crippen LogP contribution < -0.4 is 5.32 Å². The number of nitrogens with zero attached hydrogens (tertiary/aromatic N) is 2. The van der Waals surface area contributed by atoms with Crippen LogP contribution in [0.5, 0.6) is 0 Å². The number of nitrogens with one attached hydrogen (secondary N) is 1. The van der Waals surface area contributed by atoms with E-state index in [9.17, 15) is 0 Å². The van der Waals surface area contributed by atoms with Gasteiger partial charge in [0, 0.05) is 28.8 Å². The van der Waals surface area contributed by atoms with Crippen LogP contribution in [0.15, 0.2) is 58.6 Å². The molecular weight excluding hydrogens is 474 g/mol. The first-order valence-electron chi connectivity index (χ1n) is 13.6. The fourth-order valence-corrected chi connectivity index (χ4v) is 5.29. The van der Waals surface area contributed by atoms with Crippen LogP contribution in [0.4, 0.5) is 5.69 Å². The molecule has 0 unspecified atom stereocenters. The molecule has 5 heteroatoms. The average Bonchev–Trinajstić information content (AvgIpc) is 3.16. The number of hydrogen-bond acceptors (Lipinski definition) is 4. The zero-order chi connectivity index (χ0) is 27.5.